The quantitative estimate of drug-likeness (QED) is 0.674. The zero-order valence-electron chi connectivity index (χ0n) is 9.95. The van der Waals surface area contributed by atoms with E-state index in [2.05, 4.69) is 41.3 Å². The summed E-state index contributed by atoms with van der Waals surface area (Å²) in [5.41, 5.74) is 0. The molecule has 0 aromatic carbocycles. The molecule has 86 valence electrons. The van der Waals surface area contributed by atoms with Gasteiger partial charge in [-0.1, -0.05) is 13.8 Å². The lowest BCUT2D eigenvalue weighted by Gasteiger charge is -2.15. The maximum absolute atomic E-state index is 4.09. The highest BCUT2D eigenvalue weighted by Gasteiger charge is 2.03. The Kier molecular flexibility index (Phi) is 5.32. The summed E-state index contributed by atoms with van der Waals surface area (Å²) in [7, 11) is 0. The molecule has 1 unspecified atom stereocenters. The molecule has 0 aliphatic rings. The van der Waals surface area contributed by atoms with Gasteiger partial charge in [0.15, 0.2) is 0 Å². The first-order valence-electron chi connectivity index (χ1n) is 5.76. The predicted molar refractivity (Wildman–Crippen MR) is 61.6 cm³/mol. The van der Waals surface area contributed by atoms with E-state index in [1.807, 2.05) is 0 Å². The first-order valence-corrected chi connectivity index (χ1v) is 5.76. The summed E-state index contributed by atoms with van der Waals surface area (Å²) in [6.07, 6.45) is 4.88. The second-order valence-corrected chi connectivity index (χ2v) is 4.52. The molecular weight excluding hydrogens is 188 g/mol. The molecule has 0 fully saturated rings. The number of H-pyrrole nitrogens is 1. The van der Waals surface area contributed by atoms with Gasteiger partial charge in [-0.05, 0) is 32.2 Å². The van der Waals surface area contributed by atoms with Crippen molar-refractivity contribution < 1.29 is 0 Å². The summed E-state index contributed by atoms with van der Waals surface area (Å²) >= 11 is 0. The number of rotatable bonds is 7. The van der Waals surface area contributed by atoms with Gasteiger partial charge in [-0.15, -0.1) is 0 Å². The van der Waals surface area contributed by atoms with Crippen LogP contribution in [0.4, 0.5) is 0 Å². The Morgan fingerprint density at radius 3 is 2.80 bits per heavy atom. The molecule has 1 aromatic heterocycles. The van der Waals surface area contributed by atoms with Crippen LogP contribution in [-0.2, 0) is 6.42 Å². The van der Waals surface area contributed by atoms with Gasteiger partial charge in [-0.3, -0.25) is 5.10 Å². The second-order valence-electron chi connectivity index (χ2n) is 4.52. The predicted octanol–water partition coefficient (Wildman–Crippen LogP) is 1.76. The number of hydrogen-bond donors (Lipinski definition) is 2. The van der Waals surface area contributed by atoms with Gasteiger partial charge in [0, 0.05) is 12.5 Å². The molecule has 0 aliphatic heterocycles. The van der Waals surface area contributed by atoms with Crippen LogP contribution in [0, 0.1) is 5.92 Å². The maximum Gasteiger partial charge on any atom is 0.137 e. The smallest absolute Gasteiger partial charge is 0.137 e. The molecule has 0 saturated carbocycles. The molecule has 0 bridgehead atoms. The van der Waals surface area contributed by atoms with Crippen molar-refractivity contribution in [3.05, 3.63) is 12.2 Å². The van der Waals surface area contributed by atoms with Crippen LogP contribution in [0.25, 0.3) is 0 Å². The molecule has 1 aromatic rings. The van der Waals surface area contributed by atoms with E-state index < -0.39 is 0 Å². The number of aryl methyl sites for hydroxylation is 1. The van der Waals surface area contributed by atoms with Crippen LogP contribution in [0.1, 0.15) is 39.4 Å². The van der Waals surface area contributed by atoms with Crippen molar-refractivity contribution >= 4 is 0 Å². The second kappa shape index (κ2) is 6.56. The molecule has 15 heavy (non-hydrogen) atoms. The van der Waals surface area contributed by atoms with E-state index in [9.17, 15) is 0 Å². The largest absolute Gasteiger partial charge is 0.314 e. The summed E-state index contributed by atoms with van der Waals surface area (Å²) in [6.45, 7) is 7.81. The Balaban J connectivity index is 2.01. The Bertz CT molecular complexity index is 243. The van der Waals surface area contributed by atoms with Crippen molar-refractivity contribution in [3.8, 4) is 0 Å². The van der Waals surface area contributed by atoms with Gasteiger partial charge in [0.05, 0.1) is 0 Å². The first-order chi connectivity index (χ1) is 7.18. The lowest BCUT2D eigenvalue weighted by atomic mass is 10.1. The van der Waals surface area contributed by atoms with E-state index in [0.29, 0.717) is 6.04 Å². The molecule has 1 heterocycles. The molecular formula is C11H22N4. The fourth-order valence-corrected chi connectivity index (χ4v) is 1.75. The van der Waals surface area contributed by atoms with Crippen LogP contribution in [0.5, 0.6) is 0 Å². The average molecular weight is 210 g/mol. The average Bonchev–Trinajstić information content (AvgIpc) is 2.63. The van der Waals surface area contributed by atoms with Crippen LogP contribution in [0.3, 0.4) is 0 Å². The molecule has 0 aliphatic carbocycles. The normalized spacial score (nSPS) is 13.3. The fraction of sp³-hybridized carbons (Fsp3) is 0.818. The summed E-state index contributed by atoms with van der Waals surface area (Å²) in [5, 5.41) is 10.2. The van der Waals surface area contributed by atoms with E-state index in [0.717, 1.165) is 31.1 Å². The summed E-state index contributed by atoms with van der Waals surface area (Å²) in [6, 6.07) is 0.611. The number of nitrogens with zero attached hydrogens (tertiary/aromatic N) is 2. The van der Waals surface area contributed by atoms with Crippen LogP contribution in [0.15, 0.2) is 6.33 Å². The maximum atomic E-state index is 4.09. The highest BCUT2D eigenvalue weighted by Crippen LogP contribution is 2.03. The lowest BCUT2D eigenvalue weighted by Crippen LogP contribution is -2.28. The third-order valence-corrected chi connectivity index (χ3v) is 2.37. The minimum Gasteiger partial charge on any atom is -0.314 e. The zero-order chi connectivity index (χ0) is 11.1. The van der Waals surface area contributed by atoms with Gasteiger partial charge in [0.25, 0.3) is 0 Å². The highest BCUT2D eigenvalue weighted by atomic mass is 15.2. The SMILES string of the molecule is CC(C)CC(C)NCCCc1ncn[nH]1. The Labute approximate surface area is 91.9 Å². The van der Waals surface area contributed by atoms with Crippen LogP contribution in [0.2, 0.25) is 0 Å². The van der Waals surface area contributed by atoms with Gasteiger partial charge in [0.1, 0.15) is 12.2 Å². The molecule has 4 heteroatoms. The van der Waals surface area contributed by atoms with Crippen molar-refractivity contribution in [2.24, 2.45) is 5.92 Å². The Morgan fingerprint density at radius 1 is 1.40 bits per heavy atom. The van der Waals surface area contributed by atoms with Crippen LogP contribution < -0.4 is 5.32 Å². The number of aromatic amines is 1. The van der Waals surface area contributed by atoms with Crippen molar-refractivity contribution in [2.75, 3.05) is 6.54 Å². The van der Waals surface area contributed by atoms with Gasteiger partial charge in [-0.2, -0.15) is 5.10 Å². The Hall–Kier alpha value is -0.900. The van der Waals surface area contributed by atoms with Gasteiger partial charge >= 0.3 is 0 Å². The van der Waals surface area contributed by atoms with E-state index in [1.165, 1.54) is 6.42 Å². The van der Waals surface area contributed by atoms with E-state index in [-0.39, 0.29) is 0 Å². The molecule has 0 amide bonds. The highest BCUT2D eigenvalue weighted by molar-refractivity contribution is 4.79. The minimum absolute atomic E-state index is 0.611. The standard InChI is InChI=1S/C11H22N4/c1-9(2)7-10(3)12-6-4-5-11-13-8-14-15-11/h8-10,12H,4-7H2,1-3H3,(H,13,14,15). The first kappa shape index (κ1) is 12.2. The molecule has 0 saturated heterocycles. The summed E-state index contributed by atoms with van der Waals surface area (Å²) in [5.74, 6) is 1.75. The molecule has 2 N–H and O–H groups in total. The number of aromatic nitrogens is 3. The lowest BCUT2D eigenvalue weighted by molar-refractivity contribution is 0.439. The summed E-state index contributed by atoms with van der Waals surface area (Å²) in [4.78, 5) is 4.09. The van der Waals surface area contributed by atoms with Crippen molar-refractivity contribution in [3.63, 3.8) is 0 Å². The van der Waals surface area contributed by atoms with Crippen molar-refractivity contribution in [2.45, 2.75) is 46.1 Å². The molecule has 4 nitrogen and oxygen atoms in total. The van der Waals surface area contributed by atoms with Gasteiger partial charge in [-0.25, -0.2) is 4.98 Å². The minimum atomic E-state index is 0.611. The third-order valence-electron chi connectivity index (χ3n) is 2.37. The van der Waals surface area contributed by atoms with Gasteiger partial charge < -0.3 is 5.32 Å². The van der Waals surface area contributed by atoms with Crippen LogP contribution >= 0.6 is 0 Å². The zero-order valence-corrected chi connectivity index (χ0v) is 9.95. The molecule has 0 spiro atoms. The Morgan fingerprint density at radius 2 is 2.20 bits per heavy atom. The van der Waals surface area contributed by atoms with Crippen LogP contribution in [-0.4, -0.2) is 27.8 Å². The molecule has 1 rings (SSSR count). The van der Waals surface area contributed by atoms with Crippen molar-refractivity contribution in [1.82, 2.24) is 20.5 Å². The van der Waals surface area contributed by atoms with E-state index in [1.54, 1.807) is 6.33 Å². The molecule has 0 radical (unpaired) electrons. The molecule has 1 atom stereocenters. The third kappa shape index (κ3) is 5.52. The summed E-state index contributed by atoms with van der Waals surface area (Å²) < 4.78 is 0. The fourth-order valence-electron chi connectivity index (χ4n) is 1.75. The van der Waals surface area contributed by atoms with E-state index in [4.69, 9.17) is 0 Å². The number of hydrogen-bond acceptors (Lipinski definition) is 3. The van der Waals surface area contributed by atoms with Crippen molar-refractivity contribution in [1.29, 1.82) is 0 Å². The van der Waals surface area contributed by atoms with E-state index >= 15 is 0 Å². The number of nitrogens with one attached hydrogen (secondary N) is 2. The van der Waals surface area contributed by atoms with Gasteiger partial charge in [0.2, 0.25) is 0 Å². The topological polar surface area (TPSA) is 53.6 Å². The monoisotopic (exact) mass is 210 g/mol.